The van der Waals surface area contributed by atoms with Crippen molar-refractivity contribution in [1.29, 1.82) is 0 Å². The first-order valence-corrected chi connectivity index (χ1v) is 8.38. The molecule has 0 unspecified atom stereocenters. The highest BCUT2D eigenvalue weighted by Crippen LogP contribution is 2.22. The van der Waals surface area contributed by atoms with Crippen LogP contribution in [0.25, 0.3) is 0 Å². The molecule has 1 aliphatic heterocycles. The zero-order chi connectivity index (χ0) is 13.6. The van der Waals surface area contributed by atoms with Crippen LogP contribution in [0.4, 0.5) is 5.69 Å². The molecule has 1 aromatic heterocycles. The molecular formula is C17H22N2S. The number of nitrogens with one attached hydrogen (secondary N) is 1. The highest BCUT2D eigenvalue weighted by Gasteiger charge is 2.17. The van der Waals surface area contributed by atoms with Crippen LogP contribution in [0, 0.1) is 5.92 Å². The van der Waals surface area contributed by atoms with Crippen molar-refractivity contribution in [2.24, 2.45) is 5.92 Å². The van der Waals surface area contributed by atoms with Crippen LogP contribution >= 0.6 is 11.3 Å². The van der Waals surface area contributed by atoms with Crippen LogP contribution in [0.2, 0.25) is 0 Å². The summed E-state index contributed by atoms with van der Waals surface area (Å²) < 4.78 is 0. The van der Waals surface area contributed by atoms with Gasteiger partial charge in [0.05, 0.1) is 0 Å². The molecule has 0 aliphatic carbocycles. The van der Waals surface area contributed by atoms with Crippen LogP contribution in [0.15, 0.2) is 47.2 Å². The minimum absolute atomic E-state index is 0.815. The van der Waals surface area contributed by atoms with Gasteiger partial charge in [0.15, 0.2) is 0 Å². The van der Waals surface area contributed by atoms with Gasteiger partial charge in [0.25, 0.3) is 0 Å². The highest BCUT2D eigenvalue weighted by molar-refractivity contribution is 7.07. The lowest BCUT2D eigenvalue weighted by molar-refractivity contribution is 0.373. The number of para-hydroxylation sites is 1. The van der Waals surface area contributed by atoms with Crippen molar-refractivity contribution in [1.82, 2.24) is 5.32 Å². The van der Waals surface area contributed by atoms with Gasteiger partial charge >= 0.3 is 0 Å². The van der Waals surface area contributed by atoms with E-state index in [4.69, 9.17) is 0 Å². The summed E-state index contributed by atoms with van der Waals surface area (Å²) >= 11 is 1.79. The van der Waals surface area contributed by atoms with Crippen molar-refractivity contribution >= 4 is 17.0 Å². The van der Waals surface area contributed by atoms with Crippen molar-refractivity contribution < 1.29 is 0 Å². The Hall–Kier alpha value is -1.32. The molecule has 1 fully saturated rings. The Morgan fingerprint density at radius 2 is 1.90 bits per heavy atom. The molecule has 3 heteroatoms. The molecule has 0 atom stereocenters. The molecule has 0 saturated carbocycles. The number of nitrogens with zero attached hydrogens (tertiary/aromatic N) is 1. The number of anilines is 1. The van der Waals surface area contributed by atoms with Gasteiger partial charge in [0.1, 0.15) is 0 Å². The molecule has 1 aliphatic rings. The van der Waals surface area contributed by atoms with Gasteiger partial charge < -0.3 is 10.2 Å². The van der Waals surface area contributed by atoms with Gasteiger partial charge in [-0.3, -0.25) is 0 Å². The van der Waals surface area contributed by atoms with E-state index >= 15 is 0 Å². The van der Waals surface area contributed by atoms with E-state index in [1.807, 2.05) is 0 Å². The van der Waals surface area contributed by atoms with E-state index in [1.165, 1.54) is 43.7 Å². The molecule has 106 valence electrons. The maximum absolute atomic E-state index is 3.46. The summed E-state index contributed by atoms with van der Waals surface area (Å²) in [6.07, 6.45) is 2.60. The molecular weight excluding hydrogens is 264 g/mol. The summed E-state index contributed by atoms with van der Waals surface area (Å²) in [4.78, 5) is 2.54. The minimum Gasteiger partial charge on any atom is -0.367 e. The van der Waals surface area contributed by atoms with Crippen molar-refractivity contribution in [2.45, 2.75) is 19.4 Å². The molecule has 0 amide bonds. The number of piperidine rings is 1. The Morgan fingerprint density at radius 3 is 2.60 bits per heavy atom. The van der Waals surface area contributed by atoms with Crippen LogP contribution in [0.1, 0.15) is 18.4 Å². The van der Waals surface area contributed by atoms with Crippen molar-refractivity contribution in [2.75, 3.05) is 24.5 Å². The summed E-state index contributed by atoms with van der Waals surface area (Å²) in [6.45, 7) is 4.54. The Kier molecular flexibility index (Phi) is 4.72. The van der Waals surface area contributed by atoms with E-state index < -0.39 is 0 Å². The molecule has 0 bridgehead atoms. The van der Waals surface area contributed by atoms with E-state index in [0.29, 0.717) is 0 Å². The van der Waals surface area contributed by atoms with Crippen molar-refractivity contribution in [3.05, 3.63) is 52.7 Å². The second kappa shape index (κ2) is 6.91. The van der Waals surface area contributed by atoms with E-state index in [-0.39, 0.29) is 0 Å². The molecule has 0 radical (unpaired) electrons. The van der Waals surface area contributed by atoms with Crippen LogP contribution < -0.4 is 10.2 Å². The zero-order valence-corrected chi connectivity index (χ0v) is 12.6. The normalized spacial score (nSPS) is 16.2. The van der Waals surface area contributed by atoms with E-state index in [2.05, 4.69) is 57.4 Å². The van der Waals surface area contributed by atoms with Crippen LogP contribution in [0.3, 0.4) is 0 Å². The third kappa shape index (κ3) is 3.62. The fourth-order valence-corrected chi connectivity index (χ4v) is 3.54. The van der Waals surface area contributed by atoms with Crippen LogP contribution in [-0.4, -0.2) is 19.6 Å². The number of hydrogen-bond acceptors (Lipinski definition) is 3. The van der Waals surface area contributed by atoms with Crippen molar-refractivity contribution in [3.8, 4) is 0 Å². The predicted octanol–water partition coefficient (Wildman–Crippen LogP) is 3.75. The first kappa shape index (κ1) is 13.7. The van der Waals surface area contributed by atoms with E-state index in [0.717, 1.165) is 12.5 Å². The highest BCUT2D eigenvalue weighted by atomic mass is 32.1. The first-order chi connectivity index (χ1) is 9.92. The zero-order valence-electron chi connectivity index (χ0n) is 11.8. The largest absolute Gasteiger partial charge is 0.367 e. The Labute approximate surface area is 125 Å². The lowest BCUT2D eigenvalue weighted by Gasteiger charge is -2.31. The quantitative estimate of drug-likeness (QED) is 0.900. The van der Waals surface area contributed by atoms with Gasteiger partial charge in [0.2, 0.25) is 0 Å². The molecule has 1 aromatic carbocycles. The number of rotatable bonds is 5. The smallest absolute Gasteiger partial charge is 0.0437 e. The van der Waals surface area contributed by atoms with E-state index in [1.54, 1.807) is 11.3 Å². The predicted molar refractivity (Wildman–Crippen MR) is 87.4 cm³/mol. The van der Waals surface area contributed by atoms with Gasteiger partial charge in [-0.15, -0.1) is 0 Å². The third-order valence-electron chi connectivity index (χ3n) is 4.01. The number of hydrogen-bond donors (Lipinski definition) is 1. The number of thiophene rings is 1. The van der Waals surface area contributed by atoms with E-state index in [9.17, 15) is 0 Å². The summed E-state index contributed by atoms with van der Waals surface area (Å²) in [6, 6.07) is 13.1. The maximum atomic E-state index is 3.46. The Balaban J connectivity index is 1.72. The Morgan fingerprint density at radius 1 is 1.10 bits per heavy atom. The summed E-state index contributed by atoms with van der Waals surface area (Å²) in [5.74, 6) is 0.815. The molecule has 1 saturated heterocycles. The molecule has 2 nitrogen and oxygen atoms in total. The second-order valence-electron chi connectivity index (χ2n) is 5.54. The fraction of sp³-hybridized carbons (Fsp3) is 0.412. The average molecular weight is 286 g/mol. The molecule has 3 rings (SSSR count). The summed E-state index contributed by atoms with van der Waals surface area (Å²) in [5.41, 5.74) is 2.77. The fourth-order valence-electron chi connectivity index (χ4n) is 2.88. The SMILES string of the molecule is c1ccc(N(Cc2ccsc2)CC2CCNCC2)cc1. The van der Waals surface area contributed by atoms with Crippen LogP contribution in [-0.2, 0) is 6.54 Å². The molecule has 2 heterocycles. The van der Waals surface area contributed by atoms with Gasteiger partial charge in [-0.25, -0.2) is 0 Å². The van der Waals surface area contributed by atoms with Gasteiger partial charge in [-0.1, -0.05) is 18.2 Å². The lowest BCUT2D eigenvalue weighted by atomic mass is 9.97. The molecule has 2 aromatic rings. The molecule has 20 heavy (non-hydrogen) atoms. The van der Waals surface area contributed by atoms with Crippen LogP contribution in [0.5, 0.6) is 0 Å². The van der Waals surface area contributed by atoms with Crippen molar-refractivity contribution in [3.63, 3.8) is 0 Å². The monoisotopic (exact) mass is 286 g/mol. The third-order valence-corrected chi connectivity index (χ3v) is 4.74. The summed E-state index contributed by atoms with van der Waals surface area (Å²) in [7, 11) is 0. The first-order valence-electron chi connectivity index (χ1n) is 7.43. The van der Waals surface area contributed by atoms with Gasteiger partial charge in [0, 0.05) is 18.8 Å². The second-order valence-corrected chi connectivity index (χ2v) is 6.32. The molecule has 1 N–H and O–H groups in total. The molecule has 0 spiro atoms. The number of benzene rings is 1. The topological polar surface area (TPSA) is 15.3 Å². The standard InChI is InChI=1S/C17H22N2S/c1-2-4-17(5-3-1)19(13-16-8-11-20-14-16)12-15-6-9-18-10-7-15/h1-5,8,11,14-15,18H,6-7,9-10,12-13H2. The average Bonchev–Trinajstić information content (AvgIpc) is 3.02. The van der Waals surface area contributed by atoms with Gasteiger partial charge in [-0.05, 0) is 66.4 Å². The van der Waals surface area contributed by atoms with Gasteiger partial charge in [-0.2, -0.15) is 11.3 Å². The summed E-state index contributed by atoms with van der Waals surface area (Å²) in [5, 5.41) is 7.89. The minimum atomic E-state index is 0.815. The Bertz CT molecular complexity index is 489. The lowest BCUT2D eigenvalue weighted by Crippen LogP contribution is -2.36. The maximum Gasteiger partial charge on any atom is 0.0437 e.